The highest BCUT2D eigenvalue weighted by Crippen LogP contribution is 2.63. The van der Waals surface area contributed by atoms with E-state index in [0.717, 1.165) is 33.5 Å². The number of benzene rings is 18. The summed E-state index contributed by atoms with van der Waals surface area (Å²) >= 11 is 3.81. The van der Waals surface area contributed by atoms with Crippen molar-refractivity contribution in [2.24, 2.45) is 0 Å². The quantitative estimate of drug-likeness (QED) is 0.149. The van der Waals surface area contributed by atoms with Crippen LogP contribution < -0.4 is 0 Å². The molecule has 0 radical (unpaired) electrons. The molecule has 22 aromatic rings. The lowest BCUT2D eigenvalue weighted by molar-refractivity contribution is 0.794. The molecule has 0 fully saturated rings. The van der Waals surface area contributed by atoms with E-state index in [1.165, 1.54) is 194 Å². The first-order chi connectivity index (χ1) is 55.1. The van der Waals surface area contributed by atoms with E-state index in [0.29, 0.717) is 0 Å². The molecule has 2 aliphatic carbocycles. The van der Waals surface area contributed by atoms with Gasteiger partial charge in [-0.1, -0.05) is 346 Å². The maximum Gasteiger partial charge on any atom is 0.0794 e. The summed E-state index contributed by atoms with van der Waals surface area (Å²) in [6, 6.07) is 143. The van der Waals surface area contributed by atoms with Crippen LogP contribution in [0.15, 0.2) is 388 Å². The molecule has 0 atom stereocenters. The Hall–Kier alpha value is -13.7. The van der Waals surface area contributed by atoms with Crippen LogP contribution in [0, 0.1) is 0 Å². The van der Waals surface area contributed by atoms with Crippen LogP contribution in [0.4, 0.5) is 0 Å². The number of pyridine rings is 2. The summed E-state index contributed by atoms with van der Waals surface area (Å²) in [6.07, 6.45) is 0. The number of fused-ring (bicyclic) bond motifs is 28. The van der Waals surface area contributed by atoms with Gasteiger partial charge in [-0.15, -0.1) is 22.7 Å². The third-order valence-electron chi connectivity index (χ3n) is 23.8. The van der Waals surface area contributed by atoms with Gasteiger partial charge in [-0.25, -0.2) is 9.97 Å². The van der Waals surface area contributed by atoms with Crippen molar-refractivity contribution in [2.75, 3.05) is 0 Å². The molecule has 2 aliphatic rings. The fraction of sp³-hybridized carbons (Fsp3) is 0.00935. The van der Waals surface area contributed by atoms with E-state index >= 15 is 0 Å². The number of hydrogen-bond acceptors (Lipinski definition) is 4. The van der Waals surface area contributed by atoms with Gasteiger partial charge in [0.2, 0.25) is 0 Å². The van der Waals surface area contributed by atoms with Gasteiger partial charge in [0.1, 0.15) is 0 Å². The number of nitrogens with zero attached hydrogens (tertiary/aromatic N) is 2. The molecule has 0 saturated heterocycles. The molecular weight excluding hydrogens is 1380 g/mol. The zero-order valence-electron chi connectivity index (χ0n) is 60.2. The van der Waals surface area contributed by atoms with Crippen molar-refractivity contribution in [3.8, 4) is 100 Å². The van der Waals surface area contributed by atoms with Gasteiger partial charge in [-0.05, 0) is 175 Å². The fourth-order valence-corrected chi connectivity index (χ4v) is 21.6. The lowest BCUT2D eigenvalue weighted by Gasteiger charge is -2.30. The van der Waals surface area contributed by atoms with Gasteiger partial charge < -0.3 is 0 Å². The minimum absolute atomic E-state index is 0.373. The van der Waals surface area contributed by atoms with Crippen LogP contribution in [0.2, 0.25) is 0 Å². The maximum atomic E-state index is 5.39. The standard InChI is InChI=1S/C60H35NS.C47H29NS/c1-2-18-43-41(16-1)42-17-3-4-22-48(42)57-49(43)32-33-56(61-57)38-15-11-14-36(34-38)39-23-12-25-50-51-26-13-24-40(59(51)62-58(39)50)37-30-31-47-46-21-7-10-29-54(46)60(55(47)35-37)52-27-8-5-19-44(52)45-20-6-9-28-53(45)60;1-2-11-30(12-3-1)31-23-25-32(26-24-31)35-19-9-21-42-43-22-10-20-36(47(43)49-46(35)42)33-13-8-14-34(29-33)44-28-27-41-39-17-5-4-15-37(39)38-16-6-7-18-40(38)45(41)48-44/h1-35H;1-29H. The molecule has 18 aromatic carbocycles. The van der Waals surface area contributed by atoms with Gasteiger partial charge in [0.25, 0.3) is 0 Å². The molecule has 24 rings (SSSR count). The van der Waals surface area contributed by atoms with Crippen LogP contribution in [0.1, 0.15) is 22.3 Å². The molecule has 0 unspecified atom stereocenters. The van der Waals surface area contributed by atoms with E-state index in [2.05, 4.69) is 388 Å². The fourth-order valence-electron chi connectivity index (χ4n) is 18.8. The molecule has 0 saturated carbocycles. The Morgan fingerprint density at radius 1 is 0.162 bits per heavy atom. The Kier molecular flexibility index (Phi) is 14.4. The number of rotatable bonds is 7. The minimum atomic E-state index is -0.373. The summed E-state index contributed by atoms with van der Waals surface area (Å²) < 4.78 is 5.26. The second kappa shape index (κ2) is 25.2. The predicted molar refractivity (Wildman–Crippen MR) is 474 cm³/mol. The Morgan fingerprint density at radius 3 is 0.856 bits per heavy atom. The minimum Gasteiger partial charge on any atom is -0.247 e. The van der Waals surface area contributed by atoms with Gasteiger partial charge in [-0.3, -0.25) is 0 Å². The van der Waals surface area contributed by atoms with E-state index in [9.17, 15) is 0 Å². The Balaban J connectivity index is 0.000000137. The Bertz CT molecular complexity index is 7520. The van der Waals surface area contributed by atoms with Gasteiger partial charge >= 0.3 is 0 Å². The molecule has 4 heteroatoms. The van der Waals surface area contributed by atoms with Gasteiger partial charge in [0, 0.05) is 73.0 Å². The molecule has 111 heavy (non-hydrogen) atoms. The molecule has 1 spiro atoms. The van der Waals surface area contributed by atoms with E-state index in [-0.39, 0.29) is 5.41 Å². The summed E-state index contributed by atoms with van der Waals surface area (Å²) in [7, 11) is 0. The molecule has 0 aliphatic heterocycles. The highest BCUT2D eigenvalue weighted by Gasteiger charge is 2.51. The average molecular weight is 1440 g/mol. The van der Waals surface area contributed by atoms with Crippen molar-refractivity contribution in [1.29, 1.82) is 0 Å². The van der Waals surface area contributed by atoms with Crippen molar-refractivity contribution in [1.82, 2.24) is 9.97 Å². The molecule has 0 N–H and O–H groups in total. The number of thiophene rings is 2. The summed E-state index contributed by atoms with van der Waals surface area (Å²) in [6.45, 7) is 0. The predicted octanol–water partition coefficient (Wildman–Crippen LogP) is 29.8. The molecule has 514 valence electrons. The highest BCUT2D eigenvalue weighted by atomic mass is 32.1. The smallest absolute Gasteiger partial charge is 0.0794 e. The largest absolute Gasteiger partial charge is 0.247 e. The molecule has 2 nitrogen and oxygen atoms in total. The first-order valence-corrected chi connectivity index (χ1v) is 39.8. The van der Waals surface area contributed by atoms with Crippen LogP contribution in [-0.2, 0) is 5.41 Å². The lowest BCUT2D eigenvalue weighted by atomic mass is 9.70. The van der Waals surface area contributed by atoms with E-state index < -0.39 is 0 Å². The van der Waals surface area contributed by atoms with Crippen molar-refractivity contribution in [3.05, 3.63) is 411 Å². The maximum absolute atomic E-state index is 5.39. The van der Waals surface area contributed by atoms with Crippen molar-refractivity contribution >= 4 is 128 Å². The molecular formula is C107H64N2S2. The molecule has 0 bridgehead atoms. The first kappa shape index (κ1) is 63.4. The van der Waals surface area contributed by atoms with Crippen LogP contribution in [0.25, 0.3) is 206 Å². The Labute approximate surface area is 649 Å². The zero-order chi connectivity index (χ0) is 72.8. The summed E-state index contributed by atoms with van der Waals surface area (Å²) in [5.74, 6) is 0. The molecule has 4 heterocycles. The average Bonchev–Trinajstić information content (AvgIpc) is 1.51. The van der Waals surface area contributed by atoms with Crippen molar-refractivity contribution in [3.63, 3.8) is 0 Å². The summed E-state index contributed by atoms with van der Waals surface area (Å²) in [4.78, 5) is 10.7. The zero-order valence-corrected chi connectivity index (χ0v) is 61.8. The van der Waals surface area contributed by atoms with Gasteiger partial charge in [-0.2, -0.15) is 0 Å². The second-order valence-corrected chi connectivity index (χ2v) is 31.6. The van der Waals surface area contributed by atoms with Gasteiger partial charge in [0.05, 0.1) is 27.8 Å². The van der Waals surface area contributed by atoms with Crippen LogP contribution in [0.3, 0.4) is 0 Å². The number of aromatic nitrogens is 2. The summed E-state index contributed by atoms with van der Waals surface area (Å²) in [5, 5.41) is 17.4. The normalized spacial score (nSPS) is 12.6. The Morgan fingerprint density at radius 2 is 0.432 bits per heavy atom. The second-order valence-electron chi connectivity index (χ2n) is 29.6. The van der Waals surface area contributed by atoms with Gasteiger partial charge in [0.15, 0.2) is 0 Å². The lowest BCUT2D eigenvalue weighted by Crippen LogP contribution is -2.25. The third kappa shape index (κ3) is 9.74. The third-order valence-corrected chi connectivity index (χ3v) is 26.3. The van der Waals surface area contributed by atoms with Crippen LogP contribution in [-0.4, -0.2) is 9.97 Å². The van der Waals surface area contributed by atoms with E-state index in [4.69, 9.17) is 9.97 Å². The highest BCUT2D eigenvalue weighted by molar-refractivity contribution is 7.27. The number of hydrogen-bond donors (Lipinski definition) is 0. The monoisotopic (exact) mass is 1440 g/mol. The summed E-state index contributed by atoms with van der Waals surface area (Å²) in [5.41, 5.74) is 29.1. The van der Waals surface area contributed by atoms with Crippen molar-refractivity contribution in [2.45, 2.75) is 5.41 Å². The van der Waals surface area contributed by atoms with E-state index in [1.807, 2.05) is 22.7 Å². The first-order valence-electron chi connectivity index (χ1n) is 38.2. The SMILES string of the molecule is c1cc(-c2ccc3c4ccccc4c4ccccc4c3n2)cc(-c2cccc3c2sc2c(-c4ccc5c(c4)C4(c6ccccc6-c6ccccc64)c4ccccc4-5)cccc23)c1.c1ccc(-c2ccc(-c3cccc4c3sc3c(-c5cccc(-c6ccc7c8ccccc8c8ccccc8c7n6)c5)cccc34)cc2)cc1. The molecule has 4 aromatic heterocycles. The topological polar surface area (TPSA) is 25.8 Å². The molecule has 0 amide bonds. The van der Waals surface area contributed by atoms with Crippen LogP contribution in [0.5, 0.6) is 0 Å². The van der Waals surface area contributed by atoms with E-state index in [1.54, 1.807) is 0 Å². The van der Waals surface area contributed by atoms with Crippen LogP contribution >= 0.6 is 22.7 Å². The van der Waals surface area contributed by atoms with Crippen molar-refractivity contribution < 1.29 is 0 Å².